The van der Waals surface area contributed by atoms with E-state index in [1.807, 2.05) is 37.6 Å². The first kappa shape index (κ1) is 15.4. The Morgan fingerprint density at radius 2 is 2.12 bits per heavy atom. The molecule has 5 heteroatoms. The number of carbonyl (C=O) groups excluding carboxylic acids is 1. The fraction of sp³-hybridized carbons (Fsp3) is 0.200. The van der Waals surface area contributed by atoms with Gasteiger partial charge in [0, 0.05) is 37.3 Å². The summed E-state index contributed by atoms with van der Waals surface area (Å²) < 4.78 is 0. The Bertz CT molecular complexity index is 925. The first-order valence-electron chi connectivity index (χ1n) is 8.34. The minimum absolute atomic E-state index is 0.0322. The average molecular weight is 332 g/mol. The van der Waals surface area contributed by atoms with Crippen LogP contribution in [0.1, 0.15) is 0 Å². The summed E-state index contributed by atoms with van der Waals surface area (Å²) in [6.07, 6.45) is 5.26. The second kappa shape index (κ2) is 6.09. The van der Waals surface area contributed by atoms with Crippen LogP contribution in [0, 0.1) is 0 Å². The van der Waals surface area contributed by atoms with Crippen molar-refractivity contribution in [3.8, 4) is 11.1 Å². The normalized spacial score (nSPS) is 14.4. The zero-order valence-corrected chi connectivity index (χ0v) is 14.1. The number of nitrogens with one attached hydrogen (secondary N) is 1. The molecule has 1 aromatic carbocycles. The molecule has 0 saturated carbocycles. The maximum Gasteiger partial charge on any atom is 0.246 e. The molecule has 0 bridgehead atoms. The van der Waals surface area contributed by atoms with Gasteiger partial charge < -0.3 is 14.8 Å². The van der Waals surface area contributed by atoms with E-state index in [0.717, 1.165) is 35.4 Å². The Balaban J connectivity index is 1.58. The third-order valence-corrected chi connectivity index (χ3v) is 4.90. The molecule has 2 aromatic heterocycles. The van der Waals surface area contributed by atoms with Crippen LogP contribution in [-0.2, 0) is 4.79 Å². The number of H-pyrrole nitrogens is 1. The molecule has 1 saturated heterocycles. The van der Waals surface area contributed by atoms with E-state index in [1.54, 1.807) is 4.90 Å². The number of aromatic nitrogens is 2. The third kappa shape index (κ3) is 2.67. The van der Waals surface area contributed by atoms with Crippen LogP contribution < -0.4 is 4.90 Å². The van der Waals surface area contributed by atoms with Crippen LogP contribution in [0.3, 0.4) is 0 Å². The lowest BCUT2D eigenvalue weighted by Crippen LogP contribution is -2.59. The number of pyridine rings is 1. The van der Waals surface area contributed by atoms with E-state index in [0.29, 0.717) is 0 Å². The molecule has 0 spiro atoms. The Morgan fingerprint density at radius 3 is 2.84 bits per heavy atom. The zero-order chi connectivity index (χ0) is 17.4. The average Bonchev–Trinajstić information content (AvgIpc) is 3.03. The van der Waals surface area contributed by atoms with Gasteiger partial charge in [-0.15, -0.1) is 0 Å². The number of amides is 1. The van der Waals surface area contributed by atoms with Crippen LogP contribution >= 0.6 is 0 Å². The summed E-state index contributed by atoms with van der Waals surface area (Å²) in [5, 5.41) is 1.11. The molecule has 25 heavy (non-hydrogen) atoms. The first-order chi connectivity index (χ1) is 12.2. The lowest BCUT2D eigenvalue weighted by molar-refractivity contribution is -0.127. The number of carbonyl (C=O) groups is 1. The van der Waals surface area contributed by atoms with Crippen LogP contribution in [0.5, 0.6) is 0 Å². The number of benzene rings is 1. The molecule has 0 atom stereocenters. The molecule has 126 valence electrons. The number of anilines is 1. The predicted molar refractivity (Wildman–Crippen MR) is 100 cm³/mol. The highest BCUT2D eigenvalue weighted by molar-refractivity contribution is 5.95. The van der Waals surface area contributed by atoms with Gasteiger partial charge in [0.2, 0.25) is 5.91 Å². The molecule has 3 heterocycles. The second-order valence-corrected chi connectivity index (χ2v) is 6.37. The topological polar surface area (TPSA) is 52.2 Å². The van der Waals surface area contributed by atoms with Crippen LogP contribution in [0.15, 0.2) is 61.4 Å². The lowest BCUT2D eigenvalue weighted by Gasteiger charge is -2.45. The minimum atomic E-state index is -0.0322. The number of hydrogen-bond donors (Lipinski definition) is 1. The summed E-state index contributed by atoms with van der Waals surface area (Å²) in [5.74, 6) is -0.0322. The molecular weight excluding hydrogens is 312 g/mol. The second-order valence-electron chi connectivity index (χ2n) is 6.37. The van der Waals surface area contributed by atoms with Crippen molar-refractivity contribution in [2.75, 3.05) is 25.0 Å². The molecule has 5 nitrogen and oxygen atoms in total. The van der Waals surface area contributed by atoms with E-state index in [9.17, 15) is 4.79 Å². The van der Waals surface area contributed by atoms with E-state index < -0.39 is 0 Å². The zero-order valence-electron chi connectivity index (χ0n) is 14.1. The van der Waals surface area contributed by atoms with Crippen LogP contribution in [0.4, 0.5) is 5.69 Å². The summed E-state index contributed by atoms with van der Waals surface area (Å²) in [7, 11) is 1.83. The van der Waals surface area contributed by atoms with E-state index in [2.05, 4.69) is 39.6 Å². The SMILES string of the molecule is C=CC(=O)N(C)C1CN(c2cnc3[nH]cc(-c4ccccc4)c3c2)C1. The number of hydrogen-bond acceptors (Lipinski definition) is 3. The van der Waals surface area contributed by atoms with Crippen molar-refractivity contribution in [1.29, 1.82) is 0 Å². The third-order valence-electron chi connectivity index (χ3n) is 4.90. The van der Waals surface area contributed by atoms with E-state index in [1.165, 1.54) is 11.6 Å². The van der Waals surface area contributed by atoms with Gasteiger partial charge in [-0.25, -0.2) is 4.98 Å². The van der Waals surface area contributed by atoms with Crippen molar-refractivity contribution in [1.82, 2.24) is 14.9 Å². The summed E-state index contributed by atoms with van der Waals surface area (Å²) in [5.41, 5.74) is 4.30. The molecule has 1 fully saturated rings. The Hall–Kier alpha value is -3.08. The number of aromatic amines is 1. The highest BCUT2D eigenvalue weighted by Gasteiger charge is 2.32. The van der Waals surface area contributed by atoms with Crippen LogP contribution in [0.25, 0.3) is 22.2 Å². The fourth-order valence-corrected chi connectivity index (χ4v) is 3.26. The summed E-state index contributed by atoms with van der Waals surface area (Å²) in [4.78, 5) is 23.5. The van der Waals surface area contributed by atoms with Gasteiger partial charge in [0.05, 0.1) is 17.9 Å². The van der Waals surface area contributed by atoms with E-state index >= 15 is 0 Å². The molecular formula is C20H20N4O. The fourth-order valence-electron chi connectivity index (χ4n) is 3.26. The summed E-state index contributed by atoms with van der Waals surface area (Å²) >= 11 is 0. The molecule has 1 aliphatic rings. The number of nitrogens with zero attached hydrogens (tertiary/aromatic N) is 3. The van der Waals surface area contributed by atoms with Gasteiger partial charge in [-0.3, -0.25) is 4.79 Å². The first-order valence-corrected chi connectivity index (χ1v) is 8.34. The summed E-state index contributed by atoms with van der Waals surface area (Å²) in [6.45, 7) is 5.18. The highest BCUT2D eigenvalue weighted by Crippen LogP contribution is 2.31. The largest absolute Gasteiger partial charge is 0.366 e. The quantitative estimate of drug-likeness (QED) is 0.747. The van der Waals surface area contributed by atoms with Crippen LogP contribution in [-0.4, -0.2) is 47.0 Å². The van der Waals surface area contributed by atoms with Crippen molar-refractivity contribution in [3.63, 3.8) is 0 Å². The Labute approximate surface area is 146 Å². The van der Waals surface area contributed by atoms with Gasteiger partial charge in [0.25, 0.3) is 0 Å². The molecule has 4 rings (SSSR count). The number of fused-ring (bicyclic) bond motifs is 1. The van der Waals surface area contributed by atoms with Crippen LogP contribution in [0.2, 0.25) is 0 Å². The lowest BCUT2D eigenvalue weighted by atomic mass is 10.0. The van der Waals surface area contributed by atoms with Gasteiger partial charge >= 0.3 is 0 Å². The highest BCUT2D eigenvalue weighted by atomic mass is 16.2. The summed E-state index contributed by atoms with van der Waals surface area (Å²) in [6, 6.07) is 12.7. The molecule has 0 unspecified atom stereocenters. The number of likely N-dealkylation sites (N-methyl/N-ethyl adjacent to an activating group) is 1. The smallest absolute Gasteiger partial charge is 0.246 e. The van der Waals surface area contributed by atoms with Gasteiger partial charge in [-0.05, 0) is 17.7 Å². The van der Waals surface area contributed by atoms with Gasteiger partial charge in [-0.1, -0.05) is 36.9 Å². The number of rotatable bonds is 4. The Kier molecular flexibility index (Phi) is 3.76. The maximum absolute atomic E-state index is 11.7. The minimum Gasteiger partial charge on any atom is -0.366 e. The molecule has 0 aliphatic carbocycles. The molecule has 1 aliphatic heterocycles. The molecule has 3 aromatic rings. The van der Waals surface area contributed by atoms with Crippen molar-refractivity contribution in [2.45, 2.75) is 6.04 Å². The molecule has 0 radical (unpaired) electrons. The van der Waals surface area contributed by atoms with Gasteiger partial charge in [-0.2, -0.15) is 0 Å². The standard InChI is InChI=1S/C20H20N4O/c1-3-19(25)23(2)16-12-24(13-16)15-9-17-18(11-22-20(17)21-10-15)14-7-5-4-6-8-14/h3-11,16H,1,12-13H2,2H3,(H,21,22). The van der Waals surface area contributed by atoms with Gasteiger partial charge in [0.1, 0.15) is 5.65 Å². The van der Waals surface area contributed by atoms with E-state index in [-0.39, 0.29) is 11.9 Å². The Morgan fingerprint density at radius 1 is 1.36 bits per heavy atom. The predicted octanol–water partition coefficient (Wildman–Crippen LogP) is 3.06. The van der Waals surface area contributed by atoms with Crippen molar-refractivity contribution in [3.05, 3.63) is 61.4 Å². The van der Waals surface area contributed by atoms with Crippen molar-refractivity contribution < 1.29 is 4.79 Å². The molecule has 1 amide bonds. The molecule has 1 N–H and O–H groups in total. The van der Waals surface area contributed by atoms with Gasteiger partial charge in [0.15, 0.2) is 0 Å². The monoisotopic (exact) mass is 332 g/mol. The van der Waals surface area contributed by atoms with Crippen molar-refractivity contribution >= 4 is 22.6 Å². The maximum atomic E-state index is 11.7. The van der Waals surface area contributed by atoms with Crippen molar-refractivity contribution in [2.24, 2.45) is 0 Å². The van der Waals surface area contributed by atoms with E-state index in [4.69, 9.17) is 0 Å².